The average Bonchev–Trinajstić information content (AvgIpc) is 2.75. The van der Waals surface area contributed by atoms with E-state index in [1.807, 2.05) is 42.5 Å². The first-order chi connectivity index (χ1) is 13.7. The number of allylic oxidation sites excluding steroid dienone is 2. The summed E-state index contributed by atoms with van der Waals surface area (Å²) < 4.78 is 14.4. The van der Waals surface area contributed by atoms with E-state index in [-0.39, 0.29) is 0 Å². The van der Waals surface area contributed by atoms with Crippen LogP contribution in [0.2, 0.25) is 0 Å². The summed E-state index contributed by atoms with van der Waals surface area (Å²) in [4.78, 5) is 0. The Bertz CT molecular complexity index is 887. The summed E-state index contributed by atoms with van der Waals surface area (Å²) >= 11 is 0. The summed E-state index contributed by atoms with van der Waals surface area (Å²) in [5.41, 5.74) is 5.42. The van der Waals surface area contributed by atoms with Gasteiger partial charge in [0.15, 0.2) is 0 Å². The third-order valence-electron chi connectivity index (χ3n) is 4.84. The van der Waals surface area contributed by atoms with Crippen LogP contribution in [-0.2, 0) is 12.8 Å². The number of benzene rings is 3. The van der Waals surface area contributed by atoms with Gasteiger partial charge in [-0.15, -0.1) is 0 Å². The van der Waals surface area contributed by atoms with Crippen molar-refractivity contribution in [2.24, 2.45) is 0 Å². The molecule has 0 heterocycles. The molecule has 0 unspecified atom stereocenters. The minimum absolute atomic E-state index is 0.405. The van der Waals surface area contributed by atoms with Gasteiger partial charge in [0.05, 0.1) is 0 Å². The van der Waals surface area contributed by atoms with E-state index < -0.39 is 6.17 Å². The Hall–Kier alpha value is -2.93. The zero-order valence-corrected chi connectivity index (χ0v) is 16.4. The van der Waals surface area contributed by atoms with E-state index in [1.54, 1.807) is 0 Å². The third kappa shape index (κ3) is 6.06. The maximum absolute atomic E-state index is 14.4. The molecule has 0 bridgehead atoms. The second-order valence-electron chi connectivity index (χ2n) is 7.01. The standard InChI is InChI=1S/C27H27F/c1-2-3-5-8-22-11-13-23(14-12-22)15-16-24-17-19-25(20-18-24)21-27(28)26-9-6-4-7-10-26/h2-4,6-7,9-20,27H,5,8,21H2,1H3/t27-/m0/s1. The Morgan fingerprint density at radius 2 is 1.32 bits per heavy atom. The van der Waals surface area contributed by atoms with E-state index in [9.17, 15) is 4.39 Å². The number of rotatable bonds is 8. The molecule has 0 N–H and O–H groups in total. The molecule has 0 aliphatic rings. The van der Waals surface area contributed by atoms with Crippen LogP contribution >= 0.6 is 0 Å². The summed E-state index contributed by atoms with van der Waals surface area (Å²) in [5.74, 6) is 0. The molecule has 3 aromatic rings. The van der Waals surface area contributed by atoms with Crippen molar-refractivity contribution < 1.29 is 4.39 Å². The van der Waals surface area contributed by atoms with Crippen LogP contribution in [0.25, 0.3) is 12.2 Å². The lowest BCUT2D eigenvalue weighted by molar-refractivity contribution is 0.342. The van der Waals surface area contributed by atoms with Crippen LogP contribution < -0.4 is 0 Å². The molecule has 0 aliphatic heterocycles. The molecule has 142 valence electrons. The number of hydrogen-bond donors (Lipinski definition) is 0. The lowest BCUT2D eigenvalue weighted by atomic mass is 10.0. The maximum Gasteiger partial charge on any atom is 0.129 e. The smallest absolute Gasteiger partial charge is 0.129 e. The minimum Gasteiger partial charge on any atom is -0.242 e. The van der Waals surface area contributed by atoms with E-state index >= 15 is 0 Å². The molecule has 0 spiro atoms. The fraction of sp³-hybridized carbons (Fsp3) is 0.185. The Kier molecular flexibility index (Phi) is 7.37. The molecule has 0 saturated carbocycles. The first-order valence-electron chi connectivity index (χ1n) is 9.91. The van der Waals surface area contributed by atoms with Crippen molar-refractivity contribution in [3.8, 4) is 0 Å². The monoisotopic (exact) mass is 370 g/mol. The Morgan fingerprint density at radius 3 is 1.89 bits per heavy atom. The molecular formula is C27H27F. The molecule has 1 atom stereocenters. The predicted octanol–water partition coefficient (Wildman–Crippen LogP) is 7.62. The molecule has 0 nitrogen and oxygen atoms in total. The van der Waals surface area contributed by atoms with E-state index in [1.165, 1.54) is 11.1 Å². The summed E-state index contributed by atoms with van der Waals surface area (Å²) in [6.45, 7) is 2.06. The second kappa shape index (κ2) is 10.4. The van der Waals surface area contributed by atoms with Gasteiger partial charge in [0.25, 0.3) is 0 Å². The SMILES string of the molecule is CC=CCCc1ccc(C=Cc2ccc(C[C@H](F)c3ccccc3)cc2)cc1. The number of alkyl halides is 1. The molecule has 1 heteroatoms. The highest BCUT2D eigenvalue weighted by atomic mass is 19.1. The average molecular weight is 371 g/mol. The number of hydrogen-bond acceptors (Lipinski definition) is 0. The zero-order valence-electron chi connectivity index (χ0n) is 16.4. The van der Waals surface area contributed by atoms with Gasteiger partial charge in [-0.05, 0) is 47.6 Å². The van der Waals surface area contributed by atoms with Crippen LogP contribution in [0.15, 0.2) is 91.0 Å². The van der Waals surface area contributed by atoms with Gasteiger partial charge in [-0.25, -0.2) is 4.39 Å². The summed E-state index contributed by atoms with van der Waals surface area (Å²) in [6.07, 6.45) is 10.1. The van der Waals surface area contributed by atoms with E-state index in [0.717, 1.165) is 29.5 Å². The van der Waals surface area contributed by atoms with Gasteiger partial charge in [-0.2, -0.15) is 0 Å². The van der Waals surface area contributed by atoms with Crippen LogP contribution in [0.5, 0.6) is 0 Å². The van der Waals surface area contributed by atoms with Crippen LogP contribution in [0, 0.1) is 0 Å². The highest BCUT2D eigenvalue weighted by molar-refractivity contribution is 5.69. The first-order valence-corrected chi connectivity index (χ1v) is 9.91. The molecule has 3 rings (SSSR count). The second-order valence-corrected chi connectivity index (χ2v) is 7.01. The fourth-order valence-electron chi connectivity index (χ4n) is 3.16. The summed E-state index contributed by atoms with van der Waals surface area (Å²) in [5, 5.41) is 0. The van der Waals surface area contributed by atoms with E-state index in [2.05, 4.69) is 67.6 Å². The van der Waals surface area contributed by atoms with Gasteiger partial charge in [0, 0.05) is 6.42 Å². The highest BCUT2D eigenvalue weighted by Crippen LogP contribution is 2.22. The first kappa shape index (κ1) is 19.8. The van der Waals surface area contributed by atoms with Crippen molar-refractivity contribution in [1.29, 1.82) is 0 Å². The lowest BCUT2D eigenvalue weighted by Gasteiger charge is -2.08. The third-order valence-corrected chi connectivity index (χ3v) is 4.84. The molecule has 0 fully saturated rings. The fourth-order valence-corrected chi connectivity index (χ4v) is 3.16. The Morgan fingerprint density at radius 1 is 0.750 bits per heavy atom. The van der Waals surface area contributed by atoms with Crippen molar-refractivity contribution in [3.63, 3.8) is 0 Å². The van der Waals surface area contributed by atoms with Crippen molar-refractivity contribution in [2.45, 2.75) is 32.4 Å². The summed E-state index contributed by atoms with van der Waals surface area (Å²) in [7, 11) is 0. The van der Waals surface area contributed by atoms with Gasteiger partial charge in [0.2, 0.25) is 0 Å². The molecule has 28 heavy (non-hydrogen) atoms. The quantitative estimate of drug-likeness (QED) is 0.282. The molecule has 0 amide bonds. The van der Waals surface area contributed by atoms with Gasteiger partial charge < -0.3 is 0 Å². The highest BCUT2D eigenvalue weighted by Gasteiger charge is 2.09. The van der Waals surface area contributed by atoms with Crippen LogP contribution in [0.1, 0.15) is 47.3 Å². The van der Waals surface area contributed by atoms with Crippen molar-refractivity contribution in [1.82, 2.24) is 0 Å². The summed E-state index contributed by atoms with van der Waals surface area (Å²) in [6, 6.07) is 26.2. The van der Waals surface area contributed by atoms with E-state index in [0.29, 0.717) is 6.42 Å². The zero-order chi connectivity index (χ0) is 19.6. The van der Waals surface area contributed by atoms with Gasteiger partial charge >= 0.3 is 0 Å². The largest absolute Gasteiger partial charge is 0.242 e. The molecule has 3 aromatic carbocycles. The minimum atomic E-state index is -0.964. The topological polar surface area (TPSA) is 0 Å². The number of halogens is 1. The van der Waals surface area contributed by atoms with Gasteiger partial charge in [-0.1, -0.05) is 103 Å². The number of aryl methyl sites for hydroxylation is 1. The van der Waals surface area contributed by atoms with Crippen molar-refractivity contribution >= 4 is 12.2 Å². The maximum atomic E-state index is 14.4. The molecular weight excluding hydrogens is 343 g/mol. The van der Waals surface area contributed by atoms with Crippen LogP contribution in [0.3, 0.4) is 0 Å². The molecule has 0 aromatic heterocycles. The molecule has 0 aliphatic carbocycles. The lowest BCUT2D eigenvalue weighted by Crippen LogP contribution is -1.96. The van der Waals surface area contributed by atoms with Crippen LogP contribution in [-0.4, -0.2) is 0 Å². The van der Waals surface area contributed by atoms with Crippen molar-refractivity contribution in [2.75, 3.05) is 0 Å². The Balaban J connectivity index is 1.56. The molecule has 0 radical (unpaired) electrons. The van der Waals surface area contributed by atoms with E-state index in [4.69, 9.17) is 0 Å². The Labute approximate surface area is 168 Å². The van der Waals surface area contributed by atoms with Crippen molar-refractivity contribution in [3.05, 3.63) is 119 Å². The normalized spacial score (nSPS) is 12.6. The van der Waals surface area contributed by atoms with Gasteiger partial charge in [0.1, 0.15) is 6.17 Å². The predicted molar refractivity (Wildman–Crippen MR) is 119 cm³/mol. The molecule has 0 saturated heterocycles. The van der Waals surface area contributed by atoms with Crippen LogP contribution in [0.4, 0.5) is 4.39 Å². The van der Waals surface area contributed by atoms with Gasteiger partial charge in [-0.3, -0.25) is 0 Å².